The Balaban J connectivity index is 2.95. The largest absolute Gasteiger partial charge is 0.463 e. The molecule has 148 valence electrons. The molecular weight excluding hydrogens is 379 g/mol. The van der Waals surface area contributed by atoms with E-state index in [0.29, 0.717) is 6.42 Å². The highest BCUT2D eigenvalue weighted by Crippen LogP contribution is 2.25. The second-order valence-electron chi connectivity index (χ2n) is 5.62. The van der Waals surface area contributed by atoms with Gasteiger partial charge < -0.3 is 20.1 Å². The summed E-state index contributed by atoms with van der Waals surface area (Å²) in [6.45, 7) is 6.88. The summed E-state index contributed by atoms with van der Waals surface area (Å²) in [4.78, 5) is 35.6. The average molecular weight is 401 g/mol. The zero-order valence-electron chi connectivity index (χ0n) is 15.5. The quantitative estimate of drug-likeness (QED) is 0.532. The molecule has 27 heavy (non-hydrogen) atoms. The monoisotopic (exact) mass is 400 g/mol. The molecule has 1 rings (SSSR count). The van der Waals surface area contributed by atoms with Crippen LogP contribution in [-0.2, 0) is 14.3 Å². The number of ether oxygens (including phenoxy) is 2. The van der Waals surface area contributed by atoms with Gasteiger partial charge in [0.15, 0.2) is 0 Å². The molecule has 2 N–H and O–H groups in total. The zero-order valence-corrected chi connectivity index (χ0v) is 16.3. The molecule has 2 amide bonds. The van der Waals surface area contributed by atoms with Crippen LogP contribution in [0.4, 0.5) is 14.9 Å². The lowest BCUT2D eigenvalue weighted by atomic mass is 10.2. The van der Waals surface area contributed by atoms with Crippen molar-refractivity contribution < 1.29 is 28.2 Å². The fourth-order valence-electron chi connectivity index (χ4n) is 1.93. The van der Waals surface area contributed by atoms with Crippen LogP contribution in [0, 0.1) is 5.82 Å². The molecular formula is C18H22ClFN2O5. The number of carbonyl (C=O) groups is 3. The highest BCUT2D eigenvalue weighted by molar-refractivity contribution is 6.33. The lowest BCUT2D eigenvalue weighted by molar-refractivity contribution is -0.137. The van der Waals surface area contributed by atoms with E-state index >= 15 is 0 Å². The molecule has 1 aromatic carbocycles. The number of esters is 2. The number of benzene rings is 1. The van der Waals surface area contributed by atoms with Gasteiger partial charge in [0.05, 0.1) is 29.0 Å². The lowest BCUT2D eigenvalue weighted by Crippen LogP contribution is -2.29. The second-order valence-corrected chi connectivity index (χ2v) is 6.03. The molecule has 9 heteroatoms. The molecule has 1 aromatic rings. The number of hydrogen-bond donors (Lipinski definition) is 2. The molecule has 0 aliphatic rings. The van der Waals surface area contributed by atoms with Gasteiger partial charge in [-0.05, 0) is 39.3 Å². The van der Waals surface area contributed by atoms with Crippen molar-refractivity contribution in [2.75, 3.05) is 11.9 Å². The first-order valence-electron chi connectivity index (χ1n) is 8.33. The van der Waals surface area contributed by atoms with E-state index in [4.69, 9.17) is 21.1 Å². The first-order chi connectivity index (χ1) is 12.7. The number of hydrogen-bond acceptors (Lipinski definition) is 5. The van der Waals surface area contributed by atoms with Crippen LogP contribution in [-0.4, -0.2) is 30.7 Å². The van der Waals surface area contributed by atoms with E-state index in [0.717, 1.165) is 18.2 Å². The number of amides is 2. The fraction of sp³-hybridized carbons (Fsp3) is 0.389. The van der Waals surface area contributed by atoms with Crippen molar-refractivity contribution in [1.82, 2.24) is 5.32 Å². The van der Waals surface area contributed by atoms with Crippen LogP contribution in [0.25, 0.3) is 0 Å². The van der Waals surface area contributed by atoms with E-state index in [2.05, 4.69) is 10.6 Å². The highest BCUT2D eigenvalue weighted by Gasteiger charge is 2.18. The maximum atomic E-state index is 14.1. The minimum Gasteiger partial charge on any atom is -0.463 e. The smallest absolute Gasteiger partial charge is 0.339 e. The molecule has 0 aliphatic heterocycles. The molecule has 0 unspecified atom stereocenters. The first kappa shape index (κ1) is 22.4. The number of rotatable bonds is 7. The fourth-order valence-corrected chi connectivity index (χ4v) is 2.16. The Labute approximate surface area is 161 Å². The SMILES string of the molecule is CCOC(=O)C=C(CC)NC(=O)Nc1cc(C(=O)OC(C)C)c(Cl)cc1F. The summed E-state index contributed by atoms with van der Waals surface area (Å²) >= 11 is 5.88. The summed E-state index contributed by atoms with van der Waals surface area (Å²) in [6, 6.07) is 1.20. The van der Waals surface area contributed by atoms with Gasteiger partial charge in [0, 0.05) is 11.8 Å². The third kappa shape index (κ3) is 7.26. The minimum atomic E-state index is -0.830. The zero-order chi connectivity index (χ0) is 20.6. The van der Waals surface area contributed by atoms with E-state index in [9.17, 15) is 18.8 Å². The molecule has 0 bridgehead atoms. The van der Waals surface area contributed by atoms with E-state index in [1.54, 1.807) is 27.7 Å². The molecule has 0 atom stereocenters. The van der Waals surface area contributed by atoms with Gasteiger partial charge in [-0.25, -0.2) is 18.8 Å². The Bertz CT molecular complexity index is 750. The van der Waals surface area contributed by atoms with Crippen molar-refractivity contribution in [2.24, 2.45) is 0 Å². The second kappa shape index (κ2) is 10.5. The van der Waals surface area contributed by atoms with Gasteiger partial charge in [0.2, 0.25) is 0 Å². The highest BCUT2D eigenvalue weighted by atomic mass is 35.5. The summed E-state index contributed by atoms with van der Waals surface area (Å²) < 4.78 is 23.9. The maximum absolute atomic E-state index is 14.1. The third-order valence-electron chi connectivity index (χ3n) is 3.10. The number of urea groups is 1. The number of halogens is 2. The van der Waals surface area contributed by atoms with Crippen LogP contribution in [0.15, 0.2) is 23.9 Å². The van der Waals surface area contributed by atoms with Crippen LogP contribution in [0.2, 0.25) is 5.02 Å². The first-order valence-corrected chi connectivity index (χ1v) is 8.71. The van der Waals surface area contributed by atoms with E-state index in [1.165, 1.54) is 0 Å². The van der Waals surface area contributed by atoms with Gasteiger partial charge in [-0.3, -0.25) is 0 Å². The normalized spacial score (nSPS) is 11.1. The van der Waals surface area contributed by atoms with Crippen LogP contribution in [0.1, 0.15) is 44.5 Å². The number of allylic oxidation sites excluding steroid dienone is 1. The topological polar surface area (TPSA) is 93.7 Å². The summed E-state index contributed by atoms with van der Waals surface area (Å²) in [5.41, 5.74) is -0.0706. The Morgan fingerprint density at radius 2 is 1.93 bits per heavy atom. The Morgan fingerprint density at radius 1 is 1.26 bits per heavy atom. The van der Waals surface area contributed by atoms with Crippen molar-refractivity contribution in [3.8, 4) is 0 Å². The number of carbonyl (C=O) groups excluding carboxylic acids is 3. The van der Waals surface area contributed by atoms with E-state index in [-0.39, 0.29) is 28.6 Å². The molecule has 0 radical (unpaired) electrons. The average Bonchev–Trinajstić information content (AvgIpc) is 2.56. The minimum absolute atomic E-state index is 0.0835. The summed E-state index contributed by atoms with van der Waals surface area (Å²) in [7, 11) is 0. The van der Waals surface area contributed by atoms with E-state index < -0.39 is 29.9 Å². The van der Waals surface area contributed by atoms with Gasteiger partial charge in [0.1, 0.15) is 5.82 Å². The molecule has 0 saturated carbocycles. The summed E-state index contributed by atoms with van der Waals surface area (Å²) in [5, 5.41) is 4.55. The molecule has 0 aliphatic carbocycles. The molecule has 7 nitrogen and oxygen atoms in total. The van der Waals surface area contributed by atoms with Crippen molar-refractivity contribution in [3.63, 3.8) is 0 Å². The van der Waals surface area contributed by atoms with Crippen molar-refractivity contribution in [2.45, 2.75) is 40.2 Å². The Morgan fingerprint density at radius 3 is 2.48 bits per heavy atom. The maximum Gasteiger partial charge on any atom is 0.339 e. The summed E-state index contributed by atoms with van der Waals surface area (Å²) in [5.74, 6) is -2.18. The van der Waals surface area contributed by atoms with Crippen molar-refractivity contribution in [1.29, 1.82) is 0 Å². The number of anilines is 1. The van der Waals surface area contributed by atoms with Crippen molar-refractivity contribution in [3.05, 3.63) is 40.3 Å². The lowest BCUT2D eigenvalue weighted by Gasteiger charge is -2.13. The van der Waals surface area contributed by atoms with Crippen molar-refractivity contribution >= 4 is 35.3 Å². The van der Waals surface area contributed by atoms with Gasteiger partial charge in [-0.15, -0.1) is 0 Å². The Hall–Kier alpha value is -2.61. The molecule has 0 spiro atoms. The third-order valence-corrected chi connectivity index (χ3v) is 3.41. The van der Waals surface area contributed by atoms with Crippen LogP contribution in [0.3, 0.4) is 0 Å². The molecule has 0 aromatic heterocycles. The van der Waals surface area contributed by atoms with Gasteiger partial charge >= 0.3 is 18.0 Å². The van der Waals surface area contributed by atoms with E-state index in [1.807, 2.05) is 0 Å². The number of nitrogens with one attached hydrogen (secondary N) is 2. The van der Waals surface area contributed by atoms with Crippen LogP contribution < -0.4 is 10.6 Å². The van der Waals surface area contributed by atoms with Gasteiger partial charge in [0.25, 0.3) is 0 Å². The summed E-state index contributed by atoms with van der Waals surface area (Å²) in [6.07, 6.45) is 1.08. The molecule has 0 fully saturated rings. The van der Waals surface area contributed by atoms with Crippen LogP contribution in [0.5, 0.6) is 0 Å². The predicted octanol–water partition coefficient (Wildman–Crippen LogP) is 4.02. The molecule has 0 saturated heterocycles. The standard InChI is InChI=1S/C18H22ClFN2O5/c1-5-11(7-16(23)26-6-2)21-18(25)22-15-8-12(13(19)9-14(15)20)17(24)27-10(3)4/h7-10H,5-6H2,1-4H3,(H2,21,22,25). The van der Waals surface area contributed by atoms with Crippen LogP contribution >= 0.6 is 11.6 Å². The molecule has 0 heterocycles. The van der Waals surface area contributed by atoms with Gasteiger partial charge in [-0.2, -0.15) is 0 Å². The van der Waals surface area contributed by atoms with Gasteiger partial charge in [-0.1, -0.05) is 18.5 Å². The Kier molecular flexibility index (Phi) is 8.74. The predicted molar refractivity (Wildman–Crippen MR) is 99.1 cm³/mol.